The van der Waals surface area contributed by atoms with Crippen molar-refractivity contribution in [3.63, 3.8) is 0 Å². The zero-order chi connectivity index (χ0) is 19.1. The van der Waals surface area contributed by atoms with Gasteiger partial charge in [0.15, 0.2) is 5.82 Å². The number of halogens is 1. The monoisotopic (exact) mass is 429 g/mol. The average molecular weight is 430 g/mol. The topological polar surface area (TPSA) is 66.0 Å². The third-order valence-electron chi connectivity index (χ3n) is 4.77. The Hall–Kier alpha value is -3.25. The predicted octanol–water partition coefficient (Wildman–Crippen LogP) is 5.86. The summed E-state index contributed by atoms with van der Waals surface area (Å²) < 4.78 is 1.02. The molecule has 0 radical (unpaired) electrons. The summed E-state index contributed by atoms with van der Waals surface area (Å²) in [7, 11) is 0. The Bertz CT molecular complexity index is 1360. The zero-order valence-electron chi connectivity index (χ0n) is 15.1. The highest BCUT2D eigenvalue weighted by Crippen LogP contribution is 2.36. The number of pyridine rings is 2. The molecule has 0 fully saturated rings. The van der Waals surface area contributed by atoms with E-state index in [1.54, 1.807) is 6.20 Å². The van der Waals surface area contributed by atoms with Crippen molar-refractivity contribution in [2.75, 3.05) is 5.43 Å². The summed E-state index contributed by atoms with van der Waals surface area (Å²) in [6.45, 7) is 1.93. The lowest BCUT2D eigenvalue weighted by molar-refractivity contribution is 1.23. The van der Waals surface area contributed by atoms with Crippen LogP contribution in [-0.2, 0) is 0 Å². The van der Waals surface area contributed by atoms with E-state index in [0.717, 1.165) is 48.6 Å². The number of aromatic amines is 1. The van der Waals surface area contributed by atoms with Gasteiger partial charge in [-0.05, 0) is 43.3 Å². The van der Waals surface area contributed by atoms with Crippen LogP contribution < -0.4 is 5.43 Å². The molecule has 136 valence electrons. The smallest absolute Gasteiger partial charge is 0.157 e. The Morgan fingerprint density at radius 2 is 1.89 bits per heavy atom. The minimum Gasteiger partial charge on any atom is -0.354 e. The van der Waals surface area contributed by atoms with Crippen molar-refractivity contribution in [1.29, 1.82) is 0 Å². The van der Waals surface area contributed by atoms with Gasteiger partial charge in [-0.1, -0.05) is 40.2 Å². The minimum atomic E-state index is 0.716. The number of nitrogens with zero attached hydrogens (tertiary/aromatic N) is 3. The average Bonchev–Trinajstić information content (AvgIpc) is 3.11. The van der Waals surface area contributed by atoms with Crippen LogP contribution >= 0.6 is 15.9 Å². The summed E-state index contributed by atoms with van der Waals surface area (Å²) in [6, 6.07) is 20.1. The second kappa shape index (κ2) is 6.73. The number of benzene rings is 2. The molecule has 5 rings (SSSR count). The Labute approximate surface area is 169 Å². The van der Waals surface area contributed by atoms with Crippen molar-refractivity contribution in [2.45, 2.75) is 6.92 Å². The van der Waals surface area contributed by atoms with Gasteiger partial charge in [-0.15, -0.1) is 0 Å². The van der Waals surface area contributed by atoms with Crippen LogP contribution in [-0.4, -0.2) is 20.7 Å². The van der Waals surface area contributed by atoms with Crippen LogP contribution in [0.5, 0.6) is 0 Å². The molecule has 2 aromatic carbocycles. The minimum absolute atomic E-state index is 0.716. The molecule has 3 aromatic heterocycles. The van der Waals surface area contributed by atoms with E-state index in [-0.39, 0.29) is 0 Å². The van der Waals surface area contributed by atoms with Gasteiger partial charge < -0.3 is 4.98 Å². The predicted molar refractivity (Wildman–Crippen MR) is 119 cm³/mol. The van der Waals surface area contributed by atoms with Crippen LogP contribution in [0.25, 0.3) is 32.7 Å². The van der Waals surface area contributed by atoms with Crippen LogP contribution in [0.1, 0.15) is 12.6 Å². The lowest BCUT2D eigenvalue weighted by atomic mass is 10.1. The van der Waals surface area contributed by atoms with Gasteiger partial charge in [0.05, 0.1) is 27.8 Å². The lowest BCUT2D eigenvalue weighted by Crippen LogP contribution is -2.03. The van der Waals surface area contributed by atoms with Crippen molar-refractivity contribution in [1.82, 2.24) is 15.0 Å². The maximum atomic E-state index is 4.85. The number of hydrazone groups is 1. The maximum absolute atomic E-state index is 4.85. The second-order valence-corrected chi connectivity index (χ2v) is 7.48. The largest absolute Gasteiger partial charge is 0.354 e. The van der Waals surface area contributed by atoms with Crippen molar-refractivity contribution in [3.8, 4) is 0 Å². The fourth-order valence-corrected chi connectivity index (χ4v) is 3.78. The normalized spacial score (nSPS) is 12.1. The van der Waals surface area contributed by atoms with Gasteiger partial charge >= 0.3 is 0 Å². The first kappa shape index (κ1) is 16.9. The number of anilines is 1. The molecule has 0 atom stereocenters. The third-order valence-corrected chi connectivity index (χ3v) is 5.26. The molecule has 0 saturated heterocycles. The molecule has 28 heavy (non-hydrogen) atoms. The van der Waals surface area contributed by atoms with Gasteiger partial charge in [-0.25, -0.2) is 4.98 Å². The van der Waals surface area contributed by atoms with Gasteiger partial charge in [0.25, 0.3) is 0 Å². The Kier molecular flexibility index (Phi) is 4.06. The molecule has 0 aliphatic carbocycles. The van der Waals surface area contributed by atoms with Crippen molar-refractivity contribution >= 4 is 60.2 Å². The summed E-state index contributed by atoms with van der Waals surface area (Å²) in [6.07, 6.45) is 1.76. The summed E-state index contributed by atoms with van der Waals surface area (Å²) in [5.74, 6) is 0.716. The molecule has 6 heteroatoms. The Balaban J connectivity index is 1.74. The first-order chi connectivity index (χ1) is 13.7. The summed E-state index contributed by atoms with van der Waals surface area (Å²) >= 11 is 3.58. The number of hydrogen-bond donors (Lipinski definition) is 2. The molecule has 0 aliphatic heterocycles. The van der Waals surface area contributed by atoms with Crippen molar-refractivity contribution in [3.05, 3.63) is 77.0 Å². The summed E-state index contributed by atoms with van der Waals surface area (Å²) in [4.78, 5) is 12.7. The SMILES string of the molecule is C/C(=N\Nc1nc2ccccc2c2[nH]c3ccc(Br)cc3c12)c1ccccn1. The van der Waals surface area contributed by atoms with E-state index in [9.17, 15) is 0 Å². The first-order valence-electron chi connectivity index (χ1n) is 8.92. The molecule has 0 amide bonds. The molecule has 0 aliphatic rings. The number of aromatic nitrogens is 3. The van der Waals surface area contributed by atoms with Crippen LogP contribution in [0.4, 0.5) is 5.82 Å². The van der Waals surface area contributed by atoms with Gasteiger partial charge in [-0.3, -0.25) is 10.4 Å². The Morgan fingerprint density at radius 1 is 1.04 bits per heavy atom. The fraction of sp³-hybridized carbons (Fsp3) is 0.0455. The van der Waals surface area contributed by atoms with Gasteiger partial charge in [0, 0.05) is 27.0 Å². The highest BCUT2D eigenvalue weighted by Gasteiger charge is 2.14. The molecule has 0 spiro atoms. The number of hydrogen-bond acceptors (Lipinski definition) is 4. The van der Waals surface area contributed by atoms with E-state index in [2.05, 4.69) is 54.6 Å². The standard InChI is InChI=1S/C22H16BrN5/c1-13(17-7-4-5-11-24-17)27-28-22-20-16-12-14(23)9-10-19(16)25-21(20)15-6-2-3-8-18(15)26-22/h2-12,25H,1H3,(H,26,28)/b27-13+. The van der Waals surface area contributed by atoms with Gasteiger partial charge in [0.2, 0.25) is 0 Å². The van der Waals surface area contributed by atoms with Gasteiger partial charge in [0.1, 0.15) is 0 Å². The molecular weight excluding hydrogens is 414 g/mol. The molecule has 0 bridgehead atoms. The van der Waals surface area contributed by atoms with Crippen LogP contribution in [0.3, 0.4) is 0 Å². The molecule has 0 unspecified atom stereocenters. The highest BCUT2D eigenvalue weighted by molar-refractivity contribution is 9.10. The Morgan fingerprint density at radius 3 is 2.75 bits per heavy atom. The summed E-state index contributed by atoms with van der Waals surface area (Å²) in [5, 5.41) is 7.74. The number of nitrogens with one attached hydrogen (secondary N) is 2. The molecule has 3 heterocycles. The quantitative estimate of drug-likeness (QED) is 0.278. The number of fused-ring (bicyclic) bond motifs is 5. The number of para-hydroxylation sites is 1. The van der Waals surface area contributed by atoms with Crippen LogP contribution in [0.15, 0.2) is 76.4 Å². The summed E-state index contributed by atoms with van der Waals surface area (Å²) in [5.41, 5.74) is 7.82. The second-order valence-electron chi connectivity index (χ2n) is 6.57. The van der Waals surface area contributed by atoms with E-state index in [1.807, 2.05) is 49.4 Å². The highest BCUT2D eigenvalue weighted by atomic mass is 79.9. The van der Waals surface area contributed by atoms with Gasteiger partial charge in [-0.2, -0.15) is 5.10 Å². The lowest BCUT2D eigenvalue weighted by Gasteiger charge is -2.07. The molecule has 5 nitrogen and oxygen atoms in total. The van der Waals surface area contributed by atoms with E-state index in [1.165, 1.54) is 0 Å². The fourth-order valence-electron chi connectivity index (χ4n) is 3.42. The zero-order valence-corrected chi connectivity index (χ0v) is 16.7. The van der Waals surface area contributed by atoms with E-state index in [4.69, 9.17) is 4.98 Å². The van der Waals surface area contributed by atoms with Crippen molar-refractivity contribution in [2.24, 2.45) is 5.10 Å². The molecular formula is C22H16BrN5. The molecule has 0 saturated carbocycles. The van der Waals surface area contributed by atoms with Crippen molar-refractivity contribution < 1.29 is 0 Å². The number of H-pyrrole nitrogens is 1. The first-order valence-corrected chi connectivity index (χ1v) is 9.71. The van der Waals surface area contributed by atoms with E-state index >= 15 is 0 Å². The maximum Gasteiger partial charge on any atom is 0.157 e. The molecule has 5 aromatic rings. The van der Waals surface area contributed by atoms with Crippen LogP contribution in [0.2, 0.25) is 0 Å². The number of rotatable bonds is 3. The third kappa shape index (κ3) is 2.82. The van der Waals surface area contributed by atoms with Crippen LogP contribution in [0, 0.1) is 0 Å². The van der Waals surface area contributed by atoms with E-state index < -0.39 is 0 Å². The molecule has 2 N–H and O–H groups in total. The van der Waals surface area contributed by atoms with E-state index in [0.29, 0.717) is 5.82 Å².